The van der Waals surface area contributed by atoms with Crippen molar-refractivity contribution in [3.8, 4) is 5.75 Å². The van der Waals surface area contributed by atoms with E-state index < -0.39 is 17.9 Å². The molecule has 4 nitrogen and oxygen atoms in total. The maximum atomic E-state index is 15.4. The standard InChI is InChI=1S/C29H34F4N2O2S/c1-37-23-7-9-28-26(17-23)25(10-12-34-28)27(30)8-6-20-11-14-35(18-21(20)19-36)13-3-15-38-24-5-2-4-22(16-24)29(31,32)33/h2,4-5,7,9-10,12,16-17,20-21,27,36H,3,6,8,11,13-15,18-19H2,1H3/t20-,21-,27?/m1/s1. The van der Waals surface area contributed by atoms with Gasteiger partial charge >= 0.3 is 6.18 Å². The molecular formula is C29H34F4N2O2S. The lowest BCUT2D eigenvalue weighted by atomic mass is 9.81. The number of alkyl halides is 4. The van der Waals surface area contributed by atoms with Crippen LogP contribution in [0.1, 0.15) is 43.0 Å². The molecule has 1 aliphatic heterocycles. The largest absolute Gasteiger partial charge is 0.497 e. The molecule has 9 heteroatoms. The number of aromatic nitrogens is 1. The molecule has 2 heterocycles. The fourth-order valence-corrected chi connectivity index (χ4v) is 6.14. The monoisotopic (exact) mass is 550 g/mol. The summed E-state index contributed by atoms with van der Waals surface area (Å²) in [6.45, 7) is 2.52. The number of halogens is 4. The van der Waals surface area contributed by atoms with Gasteiger partial charge in [-0.2, -0.15) is 13.2 Å². The van der Waals surface area contributed by atoms with Crippen LogP contribution in [0.3, 0.4) is 0 Å². The van der Waals surface area contributed by atoms with Crippen molar-refractivity contribution in [3.05, 3.63) is 65.9 Å². The van der Waals surface area contributed by atoms with Gasteiger partial charge in [0.25, 0.3) is 0 Å². The summed E-state index contributed by atoms with van der Waals surface area (Å²) in [5.74, 6) is 1.72. The molecule has 1 N–H and O–H groups in total. The Morgan fingerprint density at radius 3 is 2.76 bits per heavy atom. The van der Waals surface area contributed by atoms with Crippen molar-refractivity contribution in [1.82, 2.24) is 9.88 Å². The predicted molar refractivity (Wildman–Crippen MR) is 143 cm³/mol. The zero-order valence-corrected chi connectivity index (χ0v) is 22.3. The maximum Gasteiger partial charge on any atom is 0.416 e. The first kappa shape index (κ1) is 28.6. The van der Waals surface area contributed by atoms with Crippen LogP contribution in [0.5, 0.6) is 5.75 Å². The van der Waals surface area contributed by atoms with Gasteiger partial charge in [-0.05, 0) is 104 Å². The van der Waals surface area contributed by atoms with Gasteiger partial charge in [-0.3, -0.25) is 4.98 Å². The Kier molecular flexibility index (Phi) is 9.90. The van der Waals surface area contributed by atoms with Crippen LogP contribution < -0.4 is 4.74 Å². The summed E-state index contributed by atoms with van der Waals surface area (Å²) in [6.07, 6.45) is -1.01. The van der Waals surface area contributed by atoms with Crippen LogP contribution in [-0.2, 0) is 6.18 Å². The van der Waals surface area contributed by atoms with Crippen molar-refractivity contribution in [2.75, 3.05) is 39.1 Å². The maximum absolute atomic E-state index is 15.4. The Bertz CT molecular complexity index is 1190. The summed E-state index contributed by atoms with van der Waals surface area (Å²) in [7, 11) is 1.58. The summed E-state index contributed by atoms with van der Waals surface area (Å²) < 4.78 is 59.4. The van der Waals surface area contributed by atoms with Crippen molar-refractivity contribution >= 4 is 22.7 Å². The second kappa shape index (κ2) is 13.1. The van der Waals surface area contributed by atoms with E-state index >= 15 is 4.39 Å². The fourth-order valence-electron chi connectivity index (χ4n) is 5.25. The summed E-state index contributed by atoms with van der Waals surface area (Å²) in [4.78, 5) is 7.26. The highest BCUT2D eigenvalue weighted by atomic mass is 32.2. The van der Waals surface area contributed by atoms with Crippen LogP contribution in [0.2, 0.25) is 0 Å². The number of ether oxygens (including phenoxy) is 1. The molecule has 1 aliphatic rings. The molecule has 4 rings (SSSR count). The third-order valence-corrected chi connectivity index (χ3v) is 8.45. The minimum atomic E-state index is -4.33. The predicted octanol–water partition coefficient (Wildman–Crippen LogP) is 7.17. The average Bonchev–Trinajstić information content (AvgIpc) is 2.93. The van der Waals surface area contributed by atoms with Gasteiger partial charge in [-0.25, -0.2) is 4.39 Å². The second-order valence-corrected chi connectivity index (χ2v) is 11.0. The summed E-state index contributed by atoms with van der Waals surface area (Å²) in [6, 6.07) is 12.6. The van der Waals surface area contributed by atoms with Crippen molar-refractivity contribution < 1.29 is 27.4 Å². The average molecular weight is 551 g/mol. The van der Waals surface area contributed by atoms with E-state index in [1.807, 2.05) is 18.2 Å². The topological polar surface area (TPSA) is 45.6 Å². The van der Waals surface area contributed by atoms with Gasteiger partial charge in [0.2, 0.25) is 0 Å². The van der Waals surface area contributed by atoms with E-state index in [0.717, 1.165) is 55.2 Å². The van der Waals surface area contributed by atoms with Gasteiger partial charge in [0.05, 0.1) is 18.2 Å². The zero-order chi connectivity index (χ0) is 27.1. The molecule has 1 fully saturated rings. The molecule has 0 amide bonds. The number of thioether (sulfide) groups is 1. The molecule has 3 atom stereocenters. The van der Waals surface area contributed by atoms with Crippen molar-refractivity contribution in [1.29, 1.82) is 0 Å². The van der Waals surface area contributed by atoms with E-state index in [2.05, 4.69) is 9.88 Å². The minimum absolute atomic E-state index is 0.0620. The number of benzene rings is 2. The van der Waals surface area contributed by atoms with Gasteiger partial charge < -0.3 is 14.7 Å². The lowest BCUT2D eigenvalue weighted by Gasteiger charge is -2.38. The van der Waals surface area contributed by atoms with Crippen LogP contribution >= 0.6 is 11.8 Å². The highest BCUT2D eigenvalue weighted by Gasteiger charge is 2.31. The van der Waals surface area contributed by atoms with Gasteiger partial charge in [0.15, 0.2) is 0 Å². The van der Waals surface area contributed by atoms with Gasteiger partial charge in [-0.1, -0.05) is 6.07 Å². The molecule has 38 heavy (non-hydrogen) atoms. The molecule has 0 bridgehead atoms. The molecule has 206 valence electrons. The van der Waals surface area contributed by atoms with E-state index in [0.29, 0.717) is 29.1 Å². The van der Waals surface area contributed by atoms with Crippen LogP contribution in [0, 0.1) is 11.8 Å². The first-order valence-electron chi connectivity index (χ1n) is 13.0. The van der Waals surface area contributed by atoms with Crippen LogP contribution in [0.25, 0.3) is 10.9 Å². The first-order chi connectivity index (χ1) is 18.3. The number of fused-ring (bicyclic) bond motifs is 1. The summed E-state index contributed by atoms with van der Waals surface area (Å²) in [5, 5.41) is 10.8. The van der Waals surface area contributed by atoms with Crippen LogP contribution in [0.15, 0.2) is 59.6 Å². The Balaban J connectivity index is 1.24. The van der Waals surface area contributed by atoms with Crippen LogP contribution in [-0.4, -0.2) is 54.1 Å². The van der Waals surface area contributed by atoms with E-state index in [4.69, 9.17) is 4.74 Å². The molecule has 0 radical (unpaired) electrons. The number of piperidine rings is 1. The van der Waals surface area contributed by atoms with Crippen molar-refractivity contribution in [3.63, 3.8) is 0 Å². The summed E-state index contributed by atoms with van der Waals surface area (Å²) >= 11 is 1.43. The van der Waals surface area contributed by atoms with Gasteiger partial charge in [-0.15, -0.1) is 11.8 Å². The third-order valence-electron chi connectivity index (χ3n) is 7.37. The lowest BCUT2D eigenvalue weighted by Crippen LogP contribution is -2.42. The van der Waals surface area contributed by atoms with E-state index in [1.54, 1.807) is 25.4 Å². The van der Waals surface area contributed by atoms with E-state index in [1.165, 1.54) is 23.9 Å². The first-order valence-corrected chi connectivity index (χ1v) is 14.0. The number of hydrogen-bond acceptors (Lipinski definition) is 5. The Hall–Kier alpha value is -2.36. The number of aliphatic hydroxyl groups is 1. The highest BCUT2D eigenvalue weighted by Crippen LogP contribution is 2.36. The van der Waals surface area contributed by atoms with Gasteiger partial charge in [0, 0.05) is 29.6 Å². The number of likely N-dealkylation sites (tertiary alicyclic amines) is 1. The minimum Gasteiger partial charge on any atom is -0.497 e. The summed E-state index contributed by atoms with van der Waals surface area (Å²) in [5.41, 5.74) is 0.728. The van der Waals surface area contributed by atoms with E-state index in [9.17, 15) is 18.3 Å². The number of methoxy groups -OCH3 is 1. The molecule has 3 aromatic rings. The lowest BCUT2D eigenvalue weighted by molar-refractivity contribution is -0.137. The molecule has 1 saturated heterocycles. The normalized spacial score (nSPS) is 19.5. The molecule has 0 spiro atoms. The number of nitrogens with zero attached hydrogens (tertiary/aromatic N) is 2. The SMILES string of the molecule is COc1ccc2nccc(C(F)CC[C@@H]3CCN(CCCSc4cccc(C(F)(F)F)c4)C[C@@H]3CO)c2c1. The quantitative estimate of drug-likeness (QED) is 0.156. The molecule has 0 aliphatic carbocycles. The highest BCUT2D eigenvalue weighted by molar-refractivity contribution is 7.99. The van der Waals surface area contributed by atoms with Crippen molar-refractivity contribution in [2.24, 2.45) is 11.8 Å². The number of hydrogen-bond donors (Lipinski definition) is 1. The Morgan fingerprint density at radius 1 is 1.16 bits per heavy atom. The zero-order valence-electron chi connectivity index (χ0n) is 21.5. The molecule has 1 aromatic heterocycles. The fraction of sp³-hybridized carbons (Fsp3) is 0.483. The Morgan fingerprint density at radius 2 is 2.00 bits per heavy atom. The molecular weight excluding hydrogens is 516 g/mol. The molecule has 1 unspecified atom stereocenters. The van der Waals surface area contributed by atoms with Crippen molar-refractivity contribution in [2.45, 2.75) is 42.9 Å². The van der Waals surface area contributed by atoms with Crippen LogP contribution in [0.4, 0.5) is 17.6 Å². The number of rotatable bonds is 11. The molecule has 2 aromatic carbocycles. The second-order valence-electron chi connectivity index (χ2n) is 9.85. The van der Waals surface area contributed by atoms with E-state index in [-0.39, 0.29) is 18.4 Å². The van der Waals surface area contributed by atoms with Gasteiger partial charge in [0.1, 0.15) is 11.9 Å². The third kappa shape index (κ3) is 7.39. The number of pyridine rings is 1. The number of aliphatic hydroxyl groups excluding tert-OH is 1. The molecule has 0 saturated carbocycles. The Labute approximate surface area is 225 Å². The smallest absolute Gasteiger partial charge is 0.416 e.